The number of aromatic amines is 1. The molecule has 0 fully saturated rings. The van der Waals surface area contributed by atoms with E-state index in [0.717, 1.165) is 11.2 Å². The first-order chi connectivity index (χ1) is 12.4. The van der Waals surface area contributed by atoms with Crippen LogP contribution in [0.2, 0.25) is 0 Å². The Morgan fingerprint density at radius 1 is 1.08 bits per heavy atom. The number of aromatic nitrogens is 1. The lowest BCUT2D eigenvalue weighted by molar-refractivity contribution is 0.0691. The molecule has 3 rings (SSSR count). The van der Waals surface area contributed by atoms with Crippen molar-refractivity contribution in [3.8, 4) is 0 Å². The van der Waals surface area contributed by atoms with Crippen LogP contribution in [0.25, 0.3) is 10.9 Å². The van der Waals surface area contributed by atoms with E-state index in [0.29, 0.717) is 13.0 Å². The lowest BCUT2D eigenvalue weighted by Gasteiger charge is -2.08. The van der Waals surface area contributed by atoms with E-state index in [1.54, 1.807) is 12.1 Å². The third-order valence-electron chi connectivity index (χ3n) is 4.63. The zero-order valence-corrected chi connectivity index (χ0v) is 15.1. The van der Waals surface area contributed by atoms with Crippen molar-refractivity contribution >= 4 is 22.8 Å². The van der Waals surface area contributed by atoms with Crippen molar-refractivity contribution in [3.63, 3.8) is 0 Å². The number of carboxylic acid groups (broad SMARTS) is 1. The van der Waals surface area contributed by atoms with E-state index in [1.807, 2.05) is 6.92 Å². The number of carboxylic acids is 1. The molecule has 1 amide bonds. The normalized spacial score (nSPS) is 10.9. The molecule has 2 aromatic carbocycles. The second-order valence-corrected chi connectivity index (χ2v) is 6.59. The molecule has 26 heavy (non-hydrogen) atoms. The lowest BCUT2D eigenvalue weighted by atomic mass is 10.0. The fourth-order valence-electron chi connectivity index (χ4n) is 3.42. The van der Waals surface area contributed by atoms with Crippen LogP contribution in [0.5, 0.6) is 0 Å². The van der Waals surface area contributed by atoms with Crippen molar-refractivity contribution in [2.24, 2.45) is 0 Å². The molecule has 3 aromatic rings. The van der Waals surface area contributed by atoms with Gasteiger partial charge in [-0.2, -0.15) is 0 Å². The summed E-state index contributed by atoms with van der Waals surface area (Å²) in [7, 11) is 0. The Morgan fingerprint density at radius 3 is 2.46 bits per heavy atom. The van der Waals surface area contributed by atoms with Crippen molar-refractivity contribution < 1.29 is 14.7 Å². The number of fused-ring (bicyclic) bond motifs is 1. The zero-order valence-electron chi connectivity index (χ0n) is 15.1. The Balaban J connectivity index is 1.77. The Labute approximate surface area is 152 Å². The lowest BCUT2D eigenvalue weighted by Crippen LogP contribution is -2.27. The summed E-state index contributed by atoms with van der Waals surface area (Å²) < 4.78 is 0. The van der Waals surface area contributed by atoms with Crippen molar-refractivity contribution in [1.82, 2.24) is 10.3 Å². The number of hydrogen-bond acceptors (Lipinski definition) is 2. The first-order valence-corrected chi connectivity index (χ1v) is 8.57. The minimum Gasteiger partial charge on any atom is -0.478 e. The predicted molar refractivity (Wildman–Crippen MR) is 102 cm³/mol. The van der Waals surface area contributed by atoms with E-state index in [9.17, 15) is 14.7 Å². The average molecular weight is 350 g/mol. The molecule has 0 radical (unpaired) electrons. The van der Waals surface area contributed by atoms with Gasteiger partial charge in [-0.15, -0.1) is 0 Å². The number of carbonyl (C=O) groups excluding carboxylic acids is 1. The zero-order chi connectivity index (χ0) is 18.8. The SMILES string of the molecule is Cc1cc(C)c2[nH]c(C)c(CCNC(=O)c3ccccc3C(=O)O)c2c1. The summed E-state index contributed by atoms with van der Waals surface area (Å²) in [6.07, 6.45) is 0.676. The number of aryl methyl sites for hydroxylation is 3. The second-order valence-electron chi connectivity index (χ2n) is 6.59. The summed E-state index contributed by atoms with van der Waals surface area (Å²) in [5.74, 6) is -1.47. The number of benzene rings is 2. The Morgan fingerprint density at radius 2 is 1.77 bits per heavy atom. The molecule has 0 atom stereocenters. The molecule has 5 nitrogen and oxygen atoms in total. The van der Waals surface area contributed by atoms with Crippen molar-refractivity contribution in [2.75, 3.05) is 6.54 Å². The summed E-state index contributed by atoms with van der Waals surface area (Å²) in [5, 5.41) is 13.2. The molecule has 0 saturated heterocycles. The smallest absolute Gasteiger partial charge is 0.336 e. The van der Waals surface area contributed by atoms with Crippen LogP contribution in [0.15, 0.2) is 36.4 Å². The minimum atomic E-state index is -1.10. The van der Waals surface area contributed by atoms with Gasteiger partial charge in [0.15, 0.2) is 0 Å². The highest BCUT2D eigenvalue weighted by Crippen LogP contribution is 2.26. The van der Waals surface area contributed by atoms with Crippen LogP contribution >= 0.6 is 0 Å². The number of nitrogens with one attached hydrogen (secondary N) is 2. The van der Waals surface area contributed by atoms with Gasteiger partial charge in [-0.1, -0.05) is 23.8 Å². The van der Waals surface area contributed by atoms with Crippen LogP contribution in [-0.2, 0) is 6.42 Å². The quantitative estimate of drug-likeness (QED) is 0.655. The van der Waals surface area contributed by atoms with Gasteiger partial charge < -0.3 is 15.4 Å². The van der Waals surface area contributed by atoms with Gasteiger partial charge in [0.1, 0.15) is 0 Å². The molecule has 0 saturated carbocycles. The van der Waals surface area contributed by atoms with Gasteiger partial charge in [0, 0.05) is 23.1 Å². The topological polar surface area (TPSA) is 82.2 Å². The molecule has 0 unspecified atom stereocenters. The van der Waals surface area contributed by atoms with Crippen molar-refractivity contribution in [2.45, 2.75) is 27.2 Å². The molecule has 0 bridgehead atoms. The summed E-state index contributed by atoms with van der Waals surface area (Å²) >= 11 is 0. The molecule has 0 aliphatic rings. The number of amides is 1. The molecule has 0 spiro atoms. The van der Waals surface area contributed by atoms with Crippen molar-refractivity contribution in [3.05, 3.63) is 69.9 Å². The van der Waals surface area contributed by atoms with E-state index in [4.69, 9.17) is 0 Å². The standard InChI is InChI=1S/C21H22N2O3/c1-12-10-13(2)19-18(11-12)15(14(3)23-19)8-9-22-20(24)16-6-4-5-7-17(16)21(25)26/h4-7,10-11,23H,8-9H2,1-3H3,(H,22,24)(H,25,26). The predicted octanol–water partition coefficient (Wildman–Crippen LogP) is 3.76. The maximum atomic E-state index is 12.4. The molecule has 134 valence electrons. The summed E-state index contributed by atoms with van der Waals surface area (Å²) in [6.45, 7) is 6.63. The fraction of sp³-hybridized carbons (Fsp3) is 0.238. The van der Waals surface area contributed by atoms with Gasteiger partial charge >= 0.3 is 5.97 Å². The fourth-order valence-corrected chi connectivity index (χ4v) is 3.42. The van der Waals surface area contributed by atoms with Crippen LogP contribution < -0.4 is 5.32 Å². The summed E-state index contributed by atoms with van der Waals surface area (Å²) in [6, 6.07) is 10.5. The first-order valence-electron chi connectivity index (χ1n) is 8.57. The van der Waals surface area contributed by atoms with Crippen LogP contribution in [0, 0.1) is 20.8 Å². The van der Waals surface area contributed by atoms with Gasteiger partial charge in [-0.3, -0.25) is 4.79 Å². The highest BCUT2D eigenvalue weighted by molar-refractivity contribution is 6.04. The highest BCUT2D eigenvalue weighted by atomic mass is 16.4. The first kappa shape index (κ1) is 17.7. The number of rotatable bonds is 5. The molecule has 1 heterocycles. The van der Waals surface area contributed by atoms with Crippen molar-refractivity contribution in [1.29, 1.82) is 0 Å². The number of carbonyl (C=O) groups is 2. The van der Waals surface area contributed by atoms with E-state index in [2.05, 4.69) is 36.3 Å². The number of hydrogen-bond donors (Lipinski definition) is 3. The Bertz CT molecular complexity index is 1000. The molecule has 3 N–H and O–H groups in total. The minimum absolute atomic E-state index is 0.0134. The van der Waals surface area contributed by atoms with E-state index < -0.39 is 5.97 Å². The molecule has 1 aromatic heterocycles. The third kappa shape index (κ3) is 3.33. The summed E-state index contributed by atoms with van der Waals surface area (Å²) in [4.78, 5) is 27.1. The largest absolute Gasteiger partial charge is 0.478 e. The maximum Gasteiger partial charge on any atom is 0.336 e. The van der Waals surface area contributed by atoms with Crippen LogP contribution in [-0.4, -0.2) is 28.5 Å². The van der Waals surface area contributed by atoms with Crippen LogP contribution in [0.4, 0.5) is 0 Å². The second kappa shape index (κ2) is 7.04. The van der Waals surface area contributed by atoms with Gasteiger partial charge in [0.2, 0.25) is 0 Å². The Hall–Kier alpha value is -3.08. The molecule has 0 aliphatic heterocycles. The van der Waals surface area contributed by atoms with E-state index >= 15 is 0 Å². The maximum absolute atomic E-state index is 12.4. The van der Waals surface area contributed by atoms with Gasteiger partial charge in [-0.05, 0) is 56.5 Å². The molecular formula is C21H22N2O3. The monoisotopic (exact) mass is 350 g/mol. The average Bonchev–Trinajstić information content (AvgIpc) is 2.91. The number of aromatic carboxylic acids is 1. The molecule has 0 aliphatic carbocycles. The van der Waals surface area contributed by atoms with Crippen LogP contribution in [0.3, 0.4) is 0 Å². The Kier molecular flexibility index (Phi) is 4.80. The molecular weight excluding hydrogens is 328 g/mol. The summed E-state index contributed by atoms with van der Waals surface area (Å²) in [5.41, 5.74) is 6.00. The highest BCUT2D eigenvalue weighted by Gasteiger charge is 2.16. The number of H-pyrrole nitrogens is 1. The van der Waals surface area contributed by atoms with E-state index in [1.165, 1.54) is 34.2 Å². The van der Waals surface area contributed by atoms with Gasteiger partial charge in [0.05, 0.1) is 11.1 Å². The van der Waals surface area contributed by atoms with Gasteiger partial charge in [0.25, 0.3) is 5.91 Å². The van der Waals surface area contributed by atoms with Crippen LogP contribution in [0.1, 0.15) is 43.1 Å². The third-order valence-corrected chi connectivity index (χ3v) is 4.63. The van der Waals surface area contributed by atoms with Gasteiger partial charge in [-0.25, -0.2) is 4.79 Å². The van der Waals surface area contributed by atoms with E-state index in [-0.39, 0.29) is 17.0 Å². The molecule has 5 heteroatoms.